The zero-order valence-corrected chi connectivity index (χ0v) is 75.4. The van der Waals surface area contributed by atoms with Crippen molar-refractivity contribution in [2.24, 2.45) is 29.6 Å². The number of aliphatic hydroxyl groups is 1. The Labute approximate surface area is 763 Å². The lowest BCUT2D eigenvalue weighted by molar-refractivity contribution is 0.281. The molecule has 5 saturated heterocycles. The van der Waals surface area contributed by atoms with Crippen LogP contribution in [-0.2, 0) is 32.7 Å². The number of anilines is 5. The third kappa shape index (κ3) is 17.5. The second-order valence-electron chi connectivity index (χ2n) is 38.1. The standard InChI is InChI=1S/5C21H20N2O3.C2H6O/c5*1-13-5-6-19-16(7-13)18(9-21(25)26-19)22-10-14-8-15(12-22)17-3-2-4-20(24)23(17)11-14;1-2-3/h5*2-7,9,14-15H,8,10-12H2,1H3;3H,2H2,1H3/t5*14-,15-;/m11111./s1. The minimum atomic E-state index is -0.316. The van der Waals surface area contributed by atoms with Crippen molar-refractivity contribution in [1.29, 1.82) is 0 Å². The summed E-state index contributed by atoms with van der Waals surface area (Å²) in [5.41, 5.74) is 18.0. The van der Waals surface area contributed by atoms with Gasteiger partial charge in [0.15, 0.2) is 0 Å². The summed E-state index contributed by atoms with van der Waals surface area (Å²) in [5.74, 6) is 3.60. The fourth-order valence-electron chi connectivity index (χ4n) is 23.1. The van der Waals surface area contributed by atoms with Gasteiger partial charge in [0, 0.05) is 250 Å². The topological polar surface area (TPSA) is 297 Å². The molecule has 5 aromatic carbocycles. The van der Waals surface area contributed by atoms with Crippen molar-refractivity contribution in [1.82, 2.24) is 22.8 Å². The Morgan fingerprint density at radius 2 is 0.414 bits per heavy atom. The summed E-state index contributed by atoms with van der Waals surface area (Å²) in [5, 5.41) is 12.5. The minimum Gasteiger partial charge on any atom is -0.423 e. The molecule has 20 heterocycles. The predicted molar refractivity (Wildman–Crippen MR) is 518 cm³/mol. The molecular formula is C107H106N10O16. The highest BCUT2D eigenvalue weighted by Crippen LogP contribution is 2.46. The van der Waals surface area contributed by atoms with Crippen LogP contribution in [0.3, 0.4) is 0 Å². The molecule has 0 aliphatic carbocycles. The van der Waals surface area contributed by atoms with E-state index in [0.717, 1.165) is 242 Å². The maximum Gasteiger partial charge on any atom is 0.338 e. The summed E-state index contributed by atoms with van der Waals surface area (Å²) >= 11 is 0. The van der Waals surface area contributed by atoms with Crippen molar-refractivity contribution >= 4 is 83.3 Å². The largest absolute Gasteiger partial charge is 0.423 e. The summed E-state index contributed by atoms with van der Waals surface area (Å²) in [6.45, 7) is 24.2. The molecule has 0 unspecified atom stereocenters. The molecule has 25 rings (SSSR count). The van der Waals surface area contributed by atoms with Crippen molar-refractivity contribution < 1.29 is 27.2 Å². The van der Waals surface area contributed by atoms with Gasteiger partial charge >= 0.3 is 28.1 Å². The molecule has 680 valence electrons. The van der Waals surface area contributed by atoms with E-state index < -0.39 is 0 Å². The molecule has 0 spiro atoms. The number of aryl methyl sites for hydroxylation is 5. The first-order valence-electron chi connectivity index (χ1n) is 46.4. The zero-order chi connectivity index (χ0) is 91.9. The van der Waals surface area contributed by atoms with Gasteiger partial charge in [-0.1, -0.05) is 88.5 Å². The molecule has 10 aliphatic heterocycles. The number of aliphatic hydroxyl groups excluding tert-OH is 1. The van der Waals surface area contributed by atoms with E-state index in [-0.39, 0.29) is 62.5 Å². The monoisotopic (exact) mass is 1790 g/mol. The Morgan fingerprint density at radius 3 is 0.586 bits per heavy atom. The van der Waals surface area contributed by atoms with Crippen LogP contribution in [0.15, 0.2) is 282 Å². The van der Waals surface area contributed by atoms with Gasteiger partial charge < -0.3 is 74.5 Å². The summed E-state index contributed by atoms with van der Waals surface area (Å²) in [6, 6.07) is 65.4. The molecule has 26 nitrogen and oxygen atoms in total. The Bertz CT molecular complexity index is 6710. The van der Waals surface area contributed by atoms with Gasteiger partial charge in [0.1, 0.15) is 27.9 Å². The van der Waals surface area contributed by atoms with E-state index in [4.69, 9.17) is 27.2 Å². The van der Waals surface area contributed by atoms with Crippen molar-refractivity contribution in [2.75, 3.05) is 96.6 Å². The molecule has 10 aliphatic rings. The number of benzene rings is 5. The van der Waals surface area contributed by atoms with Crippen LogP contribution in [0.1, 0.15) is 125 Å². The summed E-state index contributed by atoms with van der Waals surface area (Å²) < 4.78 is 36.6. The van der Waals surface area contributed by atoms with Gasteiger partial charge in [-0.15, -0.1) is 0 Å². The molecule has 0 saturated carbocycles. The molecule has 0 radical (unpaired) electrons. The second kappa shape index (κ2) is 35.9. The Hall–Kier alpha value is -14.1. The highest BCUT2D eigenvalue weighted by Gasteiger charge is 2.42. The minimum absolute atomic E-state index is 0.0899. The first-order chi connectivity index (χ1) is 64.3. The quantitative estimate of drug-likeness (QED) is 0.157. The van der Waals surface area contributed by atoms with Crippen molar-refractivity contribution in [2.45, 2.75) is 136 Å². The summed E-state index contributed by atoms with van der Waals surface area (Å²) in [4.78, 5) is 133. The van der Waals surface area contributed by atoms with E-state index >= 15 is 0 Å². The van der Waals surface area contributed by atoms with Gasteiger partial charge in [0.05, 0.1) is 28.4 Å². The van der Waals surface area contributed by atoms with Gasteiger partial charge in [0.2, 0.25) is 0 Å². The zero-order valence-electron chi connectivity index (χ0n) is 75.4. The molecule has 133 heavy (non-hydrogen) atoms. The highest BCUT2D eigenvalue weighted by molar-refractivity contribution is 5.94. The number of aromatic nitrogens is 5. The van der Waals surface area contributed by atoms with E-state index in [1.165, 1.54) is 0 Å². The highest BCUT2D eigenvalue weighted by atomic mass is 16.4. The maximum atomic E-state index is 12.2. The smallest absolute Gasteiger partial charge is 0.338 e. The lowest BCUT2D eigenvalue weighted by atomic mass is 9.83. The molecule has 26 heteroatoms. The van der Waals surface area contributed by atoms with Gasteiger partial charge in [0.25, 0.3) is 27.8 Å². The van der Waals surface area contributed by atoms with Gasteiger partial charge in [-0.2, -0.15) is 0 Å². The van der Waals surface area contributed by atoms with Crippen LogP contribution in [0.5, 0.6) is 0 Å². The van der Waals surface area contributed by atoms with E-state index in [1.54, 1.807) is 67.6 Å². The third-order valence-corrected chi connectivity index (χ3v) is 28.5. The first kappa shape index (κ1) is 86.9. The van der Waals surface area contributed by atoms with E-state index in [0.29, 0.717) is 87.1 Å². The first-order valence-corrected chi connectivity index (χ1v) is 46.4. The van der Waals surface area contributed by atoms with Crippen LogP contribution in [-0.4, -0.2) is 100.0 Å². The number of piperidine rings is 5. The van der Waals surface area contributed by atoms with Gasteiger partial charge in [-0.05, 0) is 194 Å². The van der Waals surface area contributed by atoms with Crippen molar-refractivity contribution in [3.8, 4) is 0 Å². The lowest BCUT2D eigenvalue weighted by Crippen LogP contribution is -2.47. The normalized spacial score (nSPS) is 21.3. The van der Waals surface area contributed by atoms with Crippen LogP contribution in [0.25, 0.3) is 54.8 Å². The van der Waals surface area contributed by atoms with E-state index in [1.807, 2.05) is 148 Å². The number of pyridine rings is 5. The fraction of sp³-hybridized carbons (Fsp3) is 0.346. The van der Waals surface area contributed by atoms with Crippen molar-refractivity contribution in [3.05, 3.63) is 372 Å². The molecular weight excluding hydrogens is 1680 g/mol. The Kier molecular flexibility index (Phi) is 23.4. The van der Waals surface area contributed by atoms with Crippen LogP contribution < -0.4 is 80.4 Å². The maximum absolute atomic E-state index is 12.2. The number of fused-ring (bicyclic) bond motifs is 25. The molecule has 1 N–H and O–H groups in total. The van der Waals surface area contributed by atoms with E-state index in [2.05, 4.69) is 85.2 Å². The van der Waals surface area contributed by atoms with E-state index in [9.17, 15) is 47.9 Å². The number of hydrogen-bond acceptors (Lipinski definition) is 21. The average molecular weight is 1790 g/mol. The van der Waals surface area contributed by atoms with Crippen LogP contribution in [0.2, 0.25) is 0 Å². The number of rotatable bonds is 5. The Balaban J connectivity index is 0.000000103. The summed E-state index contributed by atoms with van der Waals surface area (Å²) in [6.07, 6.45) is 5.48. The third-order valence-electron chi connectivity index (χ3n) is 28.5. The number of nitrogens with zero attached hydrogens (tertiary/aromatic N) is 10. The lowest BCUT2D eigenvalue weighted by Gasteiger charge is -2.43. The Morgan fingerprint density at radius 1 is 0.241 bits per heavy atom. The number of hydrogen-bond donors (Lipinski definition) is 1. The van der Waals surface area contributed by atoms with Crippen molar-refractivity contribution in [3.63, 3.8) is 0 Å². The van der Waals surface area contributed by atoms with Gasteiger partial charge in [-0.25, -0.2) is 24.0 Å². The SMILES string of the molecule is CCO.Cc1ccc2oc(=O)cc(N3C[C@H]4C[C@H](C3)c3cccc(=O)n3C4)c2c1.Cc1ccc2oc(=O)cc(N3C[C@H]4C[C@H](C3)c3cccc(=O)n3C4)c2c1.Cc1ccc2oc(=O)cc(N3C[C@H]4C[C@H](C3)c3cccc(=O)n3C4)c2c1.Cc1ccc2oc(=O)cc(N3C[C@H]4C[C@H](C3)c3cccc(=O)n3C4)c2c1.Cc1ccc2oc(=O)cc(N3C[C@H]4C[C@H](C3)c3cccc(=O)n3C4)c2c1. The van der Waals surface area contributed by atoms with Gasteiger partial charge in [-0.3, -0.25) is 24.0 Å². The molecule has 10 atom stereocenters. The fourth-order valence-corrected chi connectivity index (χ4v) is 23.1. The average Bonchev–Trinajstić information content (AvgIpc) is 0.770. The molecule has 5 fully saturated rings. The molecule has 10 aromatic heterocycles. The predicted octanol–water partition coefficient (Wildman–Crippen LogP) is 14.4. The van der Waals surface area contributed by atoms with Crippen LogP contribution in [0, 0.1) is 64.2 Å². The molecule has 10 bridgehead atoms. The molecule has 15 aromatic rings. The summed E-state index contributed by atoms with van der Waals surface area (Å²) in [7, 11) is 0. The van der Waals surface area contributed by atoms with Crippen LogP contribution in [0.4, 0.5) is 28.4 Å². The molecule has 0 amide bonds. The second-order valence-corrected chi connectivity index (χ2v) is 38.1. The van der Waals surface area contributed by atoms with Crippen LogP contribution >= 0.6 is 0 Å².